The molecule has 0 nitrogen and oxygen atoms in total. The minimum absolute atomic E-state index is 0. The van der Waals surface area contributed by atoms with Gasteiger partial charge in [0.15, 0.2) is 0 Å². The molecule has 0 aliphatic rings. The number of rotatable bonds is 1. The summed E-state index contributed by atoms with van der Waals surface area (Å²) in [5.74, 6) is 0. The maximum absolute atomic E-state index is 2.21. The quantitative estimate of drug-likeness (QED) is 0.426. The summed E-state index contributed by atoms with van der Waals surface area (Å²) in [5.41, 5.74) is 0. The van der Waals surface area contributed by atoms with Gasteiger partial charge in [-0.05, 0) is 12.8 Å². The Labute approximate surface area is 68.1 Å². The Morgan fingerprint density at radius 1 is 1.50 bits per heavy atom. The van der Waals surface area contributed by atoms with Crippen LogP contribution < -0.4 is 0 Å². The van der Waals surface area contributed by atoms with Gasteiger partial charge in [-0.25, -0.2) is 0 Å². The predicted octanol–water partition coefficient (Wildman–Crippen LogP) is 1.76. The van der Waals surface area contributed by atoms with Gasteiger partial charge in [0, 0.05) is 32.7 Å². The van der Waals surface area contributed by atoms with Crippen LogP contribution >= 0.6 is 8.58 Å². The first kappa shape index (κ1) is 15.6. The van der Waals surface area contributed by atoms with Crippen LogP contribution in [0.15, 0.2) is 0 Å². The molecule has 2 heteroatoms. The molecule has 6 heavy (non-hydrogen) atoms. The molecule has 0 aliphatic carbocycles. The van der Waals surface area contributed by atoms with Crippen molar-refractivity contribution in [2.24, 2.45) is 0 Å². The van der Waals surface area contributed by atoms with Crippen molar-refractivity contribution in [2.45, 2.75) is 6.92 Å². The third-order valence-corrected chi connectivity index (χ3v) is 1.06. The fourth-order valence-electron chi connectivity index (χ4n) is 0. The Bertz CT molecular complexity index is 9.51. The van der Waals surface area contributed by atoms with Gasteiger partial charge in [-0.3, -0.25) is 0 Å². The minimum Gasteiger partial charge on any atom is -0.358 e. The molecule has 0 saturated heterocycles. The van der Waals surface area contributed by atoms with E-state index in [1.807, 2.05) is 0 Å². The molecule has 0 amide bonds. The molecule has 0 aromatic heterocycles. The topological polar surface area (TPSA) is 0 Å². The van der Waals surface area contributed by atoms with Crippen LogP contribution in [0.5, 0.6) is 0 Å². The molecule has 0 heterocycles. The molecule has 0 N–H and O–H groups in total. The predicted molar refractivity (Wildman–Crippen MR) is 31.2 cm³/mol. The Kier molecular flexibility index (Phi) is 41.8. The average molecular weight is 180 g/mol. The maximum Gasteiger partial charge on any atom is 0 e. The first-order chi connectivity index (χ1) is 1.91. The zero-order valence-electron chi connectivity index (χ0n) is 4.78. The van der Waals surface area contributed by atoms with E-state index >= 15 is 0 Å². The average Bonchev–Trinajstić information content (AvgIpc) is 1.37. The van der Waals surface area contributed by atoms with Gasteiger partial charge in [-0.1, -0.05) is 6.92 Å². The van der Waals surface area contributed by atoms with E-state index in [1.54, 1.807) is 0 Å². The molecular formula is C4H12PY-. The van der Waals surface area contributed by atoms with Crippen molar-refractivity contribution in [3.05, 3.63) is 7.43 Å². The van der Waals surface area contributed by atoms with Gasteiger partial charge in [0.25, 0.3) is 0 Å². The summed E-state index contributed by atoms with van der Waals surface area (Å²) in [6, 6.07) is 0. The van der Waals surface area contributed by atoms with Crippen LogP contribution in [0.25, 0.3) is 0 Å². The second-order valence-corrected chi connectivity index (χ2v) is 2.12. The summed E-state index contributed by atoms with van der Waals surface area (Å²) in [4.78, 5) is 0. The number of hydrogen-bond acceptors (Lipinski definition) is 0. The van der Waals surface area contributed by atoms with Gasteiger partial charge in [0.1, 0.15) is 0 Å². The van der Waals surface area contributed by atoms with Crippen molar-refractivity contribution in [3.8, 4) is 0 Å². The molecule has 0 aromatic carbocycles. The molecular weight excluding hydrogens is 168 g/mol. The Balaban J connectivity index is -0.0000000450. The third-order valence-electron chi connectivity index (χ3n) is 0.354. The summed E-state index contributed by atoms with van der Waals surface area (Å²) in [6.07, 6.45) is 1.35. The Morgan fingerprint density at radius 2 is 1.67 bits per heavy atom. The summed E-state index contributed by atoms with van der Waals surface area (Å²) < 4.78 is 0. The first-order valence-corrected chi connectivity index (χ1v) is 3.27. The second-order valence-electron chi connectivity index (χ2n) is 0.707. The Hall–Kier alpha value is 1.53. The van der Waals surface area contributed by atoms with Crippen LogP contribution in [0, 0.1) is 7.43 Å². The van der Waals surface area contributed by atoms with E-state index in [0.29, 0.717) is 0 Å². The molecule has 0 aromatic rings. The van der Waals surface area contributed by atoms with E-state index in [1.165, 1.54) is 6.16 Å². The molecule has 1 atom stereocenters. The first-order valence-electron chi connectivity index (χ1n) is 1.56. The smallest absolute Gasteiger partial charge is 0 e. The van der Waals surface area contributed by atoms with Crippen molar-refractivity contribution in [1.82, 2.24) is 0 Å². The van der Waals surface area contributed by atoms with Crippen LogP contribution in [0.3, 0.4) is 0 Å². The van der Waals surface area contributed by atoms with E-state index < -0.39 is 0 Å². The monoisotopic (exact) mass is 180 g/mol. The van der Waals surface area contributed by atoms with Crippen LogP contribution in [-0.2, 0) is 32.7 Å². The molecule has 0 fully saturated rings. The van der Waals surface area contributed by atoms with Crippen molar-refractivity contribution in [2.75, 3.05) is 12.8 Å². The van der Waals surface area contributed by atoms with E-state index in [0.717, 1.165) is 8.58 Å². The van der Waals surface area contributed by atoms with E-state index in [2.05, 4.69) is 13.6 Å². The van der Waals surface area contributed by atoms with E-state index in [9.17, 15) is 0 Å². The van der Waals surface area contributed by atoms with Crippen molar-refractivity contribution in [1.29, 1.82) is 0 Å². The van der Waals surface area contributed by atoms with Crippen molar-refractivity contribution >= 4 is 8.58 Å². The van der Waals surface area contributed by atoms with Gasteiger partial charge in [-0.15, -0.1) is 8.58 Å². The van der Waals surface area contributed by atoms with Gasteiger partial charge >= 0.3 is 0 Å². The van der Waals surface area contributed by atoms with Gasteiger partial charge in [0.2, 0.25) is 0 Å². The van der Waals surface area contributed by atoms with Crippen molar-refractivity contribution in [3.63, 3.8) is 0 Å². The molecule has 0 saturated carbocycles. The van der Waals surface area contributed by atoms with Gasteiger partial charge in [-0.2, -0.15) is 0 Å². The fourth-order valence-corrected chi connectivity index (χ4v) is 0. The van der Waals surface area contributed by atoms with Crippen LogP contribution in [-0.4, -0.2) is 12.8 Å². The fraction of sp³-hybridized carbons (Fsp3) is 0.750. The van der Waals surface area contributed by atoms with Crippen LogP contribution in [0.1, 0.15) is 6.92 Å². The molecule has 37 valence electrons. The zero-order valence-corrected chi connectivity index (χ0v) is 8.62. The molecule has 0 aliphatic heterocycles. The van der Waals surface area contributed by atoms with Crippen molar-refractivity contribution < 1.29 is 32.7 Å². The minimum atomic E-state index is 0. The maximum atomic E-state index is 2.21. The van der Waals surface area contributed by atoms with E-state index in [4.69, 9.17) is 0 Å². The van der Waals surface area contributed by atoms with E-state index in [-0.39, 0.29) is 40.1 Å². The Morgan fingerprint density at radius 3 is 1.67 bits per heavy atom. The van der Waals surface area contributed by atoms with Crippen LogP contribution in [0.4, 0.5) is 0 Å². The molecule has 0 bridgehead atoms. The number of hydrogen-bond donors (Lipinski definition) is 0. The zero-order chi connectivity index (χ0) is 3.41. The standard InChI is InChI=1S/C3H9P.CH3.Y/c1-3-4-2;;/h4H,3H2,1-2H3;1H3;/q;-1;. The summed E-state index contributed by atoms with van der Waals surface area (Å²) in [5, 5.41) is 0. The van der Waals surface area contributed by atoms with Gasteiger partial charge < -0.3 is 7.43 Å². The second kappa shape index (κ2) is 16.0. The summed E-state index contributed by atoms with van der Waals surface area (Å²) in [7, 11) is 1.14. The molecule has 1 radical (unpaired) electrons. The normalized spacial score (nSPS) is 7.00. The molecule has 1 unspecified atom stereocenters. The summed E-state index contributed by atoms with van der Waals surface area (Å²) in [6.45, 7) is 4.40. The largest absolute Gasteiger partial charge is 0.358 e. The third kappa shape index (κ3) is 17.7. The van der Waals surface area contributed by atoms with Crippen LogP contribution in [0.2, 0.25) is 0 Å². The molecule has 0 rings (SSSR count). The van der Waals surface area contributed by atoms with Gasteiger partial charge in [0.05, 0.1) is 0 Å². The molecule has 0 spiro atoms. The summed E-state index contributed by atoms with van der Waals surface area (Å²) >= 11 is 0. The SMILES string of the molecule is CCPC.[CH3-].[Y].